The van der Waals surface area contributed by atoms with E-state index in [1.54, 1.807) is 19.2 Å². The van der Waals surface area contributed by atoms with E-state index in [0.29, 0.717) is 22.2 Å². The first-order chi connectivity index (χ1) is 12.4. The maximum atomic E-state index is 9.05. The van der Waals surface area contributed by atoms with Gasteiger partial charge in [0.25, 0.3) is 0 Å². The van der Waals surface area contributed by atoms with Crippen molar-refractivity contribution in [2.24, 2.45) is 0 Å². The van der Waals surface area contributed by atoms with Crippen molar-refractivity contribution in [1.29, 1.82) is 5.26 Å². The monoisotopic (exact) mass is 385 g/mol. The molecule has 0 atom stereocenters. The summed E-state index contributed by atoms with van der Waals surface area (Å²) in [4.78, 5) is 0. The molecular formula is C20H17Cl2N3O. The molecule has 0 N–H and O–H groups in total. The highest BCUT2D eigenvalue weighted by atomic mass is 35.5. The lowest BCUT2D eigenvalue weighted by Crippen LogP contribution is -2.05. The average molecular weight is 386 g/mol. The number of halogens is 2. The van der Waals surface area contributed by atoms with E-state index in [1.165, 1.54) is 0 Å². The van der Waals surface area contributed by atoms with Crippen molar-refractivity contribution in [1.82, 2.24) is 9.78 Å². The Morgan fingerprint density at radius 3 is 2.58 bits per heavy atom. The first-order valence-electron chi connectivity index (χ1n) is 8.01. The van der Waals surface area contributed by atoms with Crippen LogP contribution in [0.5, 0.6) is 5.75 Å². The van der Waals surface area contributed by atoms with E-state index in [9.17, 15) is 0 Å². The minimum Gasteiger partial charge on any atom is -0.496 e. The number of rotatable bonds is 4. The highest BCUT2D eigenvalue weighted by Gasteiger charge is 2.16. The molecule has 4 nitrogen and oxygen atoms in total. The molecule has 0 unspecified atom stereocenters. The summed E-state index contributed by atoms with van der Waals surface area (Å²) in [6.45, 7) is 4.55. The van der Waals surface area contributed by atoms with Crippen LogP contribution in [0.3, 0.4) is 0 Å². The second-order valence-electron chi connectivity index (χ2n) is 5.97. The van der Waals surface area contributed by atoms with E-state index in [4.69, 9.17) is 33.2 Å². The fourth-order valence-corrected chi connectivity index (χ4v) is 3.43. The summed E-state index contributed by atoms with van der Waals surface area (Å²) in [6, 6.07) is 13.1. The van der Waals surface area contributed by atoms with Crippen molar-refractivity contribution in [3.63, 3.8) is 0 Å². The Hall–Kier alpha value is -2.48. The van der Waals surface area contributed by atoms with E-state index >= 15 is 0 Å². The molecule has 0 amide bonds. The molecule has 0 spiro atoms. The lowest BCUT2D eigenvalue weighted by atomic mass is 10.0. The van der Waals surface area contributed by atoms with Gasteiger partial charge in [-0.3, -0.25) is 4.68 Å². The zero-order valence-electron chi connectivity index (χ0n) is 14.7. The Kier molecular flexibility index (Phi) is 5.22. The van der Waals surface area contributed by atoms with Crippen molar-refractivity contribution >= 4 is 23.2 Å². The molecule has 1 aromatic heterocycles. The Labute approximate surface area is 162 Å². The fraction of sp³-hybridized carbons (Fsp3) is 0.200. The van der Waals surface area contributed by atoms with Crippen molar-refractivity contribution in [2.45, 2.75) is 20.4 Å². The summed E-state index contributed by atoms with van der Waals surface area (Å²) < 4.78 is 7.36. The van der Waals surface area contributed by atoms with E-state index in [1.807, 2.05) is 42.8 Å². The zero-order chi connectivity index (χ0) is 18.8. The second-order valence-corrected chi connectivity index (χ2v) is 6.81. The summed E-state index contributed by atoms with van der Waals surface area (Å²) in [7, 11) is 1.63. The minimum atomic E-state index is 0.441. The largest absolute Gasteiger partial charge is 0.496 e. The van der Waals surface area contributed by atoms with Crippen LogP contribution in [0.15, 0.2) is 36.4 Å². The molecule has 0 fully saturated rings. The van der Waals surface area contributed by atoms with Gasteiger partial charge in [0.1, 0.15) is 11.8 Å². The first-order valence-corrected chi connectivity index (χ1v) is 8.76. The van der Waals surface area contributed by atoms with Gasteiger partial charge in [-0.25, -0.2) is 0 Å². The van der Waals surface area contributed by atoms with Gasteiger partial charge in [0.05, 0.1) is 29.9 Å². The molecule has 0 aliphatic carbocycles. The van der Waals surface area contributed by atoms with Crippen molar-refractivity contribution < 1.29 is 4.74 Å². The molecule has 1 heterocycles. The standard InChI is InChI=1S/C20H17Cl2N3O/c1-12-20(14-4-5-15(10-23)18(22)8-14)13(2)25(24-12)11-16-6-7-17(21)9-19(16)26-3/h4-9H,11H2,1-3H3. The lowest BCUT2D eigenvalue weighted by molar-refractivity contribution is 0.407. The molecular weight excluding hydrogens is 369 g/mol. The van der Waals surface area contributed by atoms with Gasteiger partial charge in [-0.05, 0) is 43.7 Å². The quantitative estimate of drug-likeness (QED) is 0.603. The third-order valence-corrected chi connectivity index (χ3v) is 4.88. The van der Waals surface area contributed by atoms with Gasteiger partial charge in [-0.2, -0.15) is 10.4 Å². The van der Waals surface area contributed by atoms with Gasteiger partial charge in [0.15, 0.2) is 0 Å². The molecule has 0 bridgehead atoms. The smallest absolute Gasteiger partial charge is 0.125 e. The second kappa shape index (κ2) is 7.41. The van der Waals surface area contributed by atoms with Gasteiger partial charge >= 0.3 is 0 Å². The summed E-state index contributed by atoms with van der Waals surface area (Å²) >= 11 is 12.2. The number of hydrogen-bond donors (Lipinski definition) is 0. The minimum absolute atomic E-state index is 0.441. The zero-order valence-corrected chi connectivity index (χ0v) is 16.2. The van der Waals surface area contributed by atoms with Gasteiger partial charge in [0, 0.05) is 21.8 Å². The number of ether oxygens (including phenoxy) is 1. The third kappa shape index (κ3) is 3.41. The molecule has 6 heteroatoms. The van der Waals surface area contributed by atoms with Gasteiger partial charge in [-0.1, -0.05) is 35.3 Å². The number of benzene rings is 2. The maximum Gasteiger partial charge on any atom is 0.125 e. The number of methoxy groups -OCH3 is 1. The van der Waals surface area contributed by atoms with E-state index in [-0.39, 0.29) is 0 Å². The van der Waals surface area contributed by atoms with Crippen molar-refractivity contribution in [2.75, 3.05) is 7.11 Å². The summed E-state index contributed by atoms with van der Waals surface area (Å²) in [6.07, 6.45) is 0. The molecule has 3 rings (SSSR count). The Bertz CT molecular complexity index is 1020. The van der Waals surface area contributed by atoms with Crippen LogP contribution >= 0.6 is 23.2 Å². The predicted molar refractivity (Wildman–Crippen MR) is 104 cm³/mol. The molecule has 0 radical (unpaired) electrons. The molecule has 2 aromatic carbocycles. The average Bonchev–Trinajstić information content (AvgIpc) is 2.90. The molecule has 26 heavy (non-hydrogen) atoms. The van der Waals surface area contributed by atoms with Crippen LogP contribution in [-0.2, 0) is 6.54 Å². The molecule has 0 saturated heterocycles. The van der Waals surface area contributed by atoms with Crippen molar-refractivity contribution in [3.05, 3.63) is 69.0 Å². The highest BCUT2D eigenvalue weighted by molar-refractivity contribution is 6.32. The van der Waals surface area contributed by atoms with Crippen LogP contribution in [0, 0.1) is 25.2 Å². The molecule has 3 aromatic rings. The first kappa shape index (κ1) is 18.3. The Morgan fingerprint density at radius 2 is 1.92 bits per heavy atom. The number of nitriles is 1. The lowest BCUT2D eigenvalue weighted by Gasteiger charge is -2.11. The fourth-order valence-electron chi connectivity index (χ4n) is 3.04. The number of aromatic nitrogens is 2. The Balaban J connectivity index is 2.02. The van der Waals surface area contributed by atoms with E-state index in [0.717, 1.165) is 33.8 Å². The Morgan fingerprint density at radius 1 is 1.15 bits per heavy atom. The molecule has 132 valence electrons. The van der Waals surface area contributed by atoms with Crippen LogP contribution in [-0.4, -0.2) is 16.9 Å². The van der Waals surface area contributed by atoms with E-state index in [2.05, 4.69) is 11.2 Å². The number of aryl methyl sites for hydroxylation is 1. The normalized spacial score (nSPS) is 10.6. The number of nitrogens with zero attached hydrogens (tertiary/aromatic N) is 3. The topological polar surface area (TPSA) is 50.8 Å². The maximum absolute atomic E-state index is 9.05. The molecule has 0 saturated carbocycles. The summed E-state index contributed by atoms with van der Waals surface area (Å²) in [5.74, 6) is 0.730. The van der Waals surface area contributed by atoms with Gasteiger partial charge < -0.3 is 4.74 Å². The molecule has 0 aliphatic heterocycles. The van der Waals surface area contributed by atoms with Gasteiger partial charge in [0.2, 0.25) is 0 Å². The van der Waals surface area contributed by atoms with Gasteiger partial charge in [-0.15, -0.1) is 0 Å². The highest BCUT2D eigenvalue weighted by Crippen LogP contribution is 2.31. The predicted octanol–water partition coefficient (Wildman–Crippen LogP) is 5.40. The van der Waals surface area contributed by atoms with Crippen LogP contribution in [0.25, 0.3) is 11.1 Å². The van der Waals surface area contributed by atoms with Crippen LogP contribution in [0.1, 0.15) is 22.5 Å². The van der Waals surface area contributed by atoms with E-state index < -0.39 is 0 Å². The number of hydrogen-bond acceptors (Lipinski definition) is 3. The molecule has 0 aliphatic rings. The summed E-state index contributed by atoms with van der Waals surface area (Å²) in [5, 5.41) is 14.8. The SMILES string of the molecule is COc1cc(Cl)ccc1Cn1nc(C)c(-c2ccc(C#N)c(Cl)c2)c1C. The van der Waals surface area contributed by atoms with Crippen molar-refractivity contribution in [3.8, 4) is 22.9 Å². The summed E-state index contributed by atoms with van der Waals surface area (Å²) in [5.41, 5.74) is 5.33. The van der Waals surface area contributed by atoms with Crippen LogP contribution < -0.4 is 4.74 Å². The van der Waals surface area contributed by atoms with Crippen LogP contribution in [0.4, 0.5) is 0 Å². The third-order valence-electron chi connectivity index (χ3n) is 4.33. The van der Waals surface area contributed by atoms with Crippen LogP contribution in [0.2, 0.25) is 10.0 Å².